The van der Waals surface area contributed by atoms with Crippen LogP contribution in [0, 0.1) is 0 Å². The zero-order valence-corrected chi connectivity index (χ0v) is 11.8. The van der Waals surface area contributed by atoms with E-state index in [1.54, 1.807) is 0 Å². The van der Waals surface area contributed by atoms with Gasteiger partial charge in [0, 0.05) is 19.7 Å². The van der Waals surface area contributed by atoms with Crippen LogP contribution < -0.4 is 4.90 Å². The van der Waals surface area contributed by atoms with E-state index in [4.69, 9.17) is 4.74 Å². The van der Waals surface area contributed by atoms with E-state index in [9.17, 15) is 4.79 Å². The van der Waals surface area contributed by atoms with Gasteiger partial charge in [0.15, 0.2) is 0 Å². The van der Waals surface area contributed by atoms with Crippen molar-refractivity contribution in [2.24, 2.45) is 0 Å². The third-order valence-corrected chi connectivity index (χ3v) is 3.90. The summed E-state index contributed by atoms with van der Waals surface area (Å²) >= 11 is 0. The lowest BCUT2D eigenvalue weighted by Gasteiger charge is -2.34. The van der Waals surface area contributed by atoms with Gasteiger partial charge in [0.25, 0.3) is 0 Å². The van der Waals surface area contributed by atoms with E-state index in [-0.39, 0.29) is 18.1 Å². The quantitative estimate of drug-likeness (QED) is 0.617. The van der Waals surface area contributed by atoms with E-state index >= 15 is 0 Å². The Hall–Kier alpha value is -1.51. The molecule has 0 bridgehead atoms. The minimum absolute atomic E-state index is 0.0187. The summed E-state index contributed by atoms with van der Waals surface area (Å²) in [7, 11) is 2.10. The Morgan fingerprint density at radius 2 is 1.84 bits per heavy atom. The third-order valence-electron chi connectivity index (χ3n) is 3.90. The van der Waals surface area contributed by atoms with Crippen LogP contribution in [-0.2, 0) is 9.53 Å². The highest BCUT2D eigenvalue weighted by Gasteiger charge is 2.29. The maximum Gasteiger partial charge on any atom is 0.302 e. The monoisotopic (exact) mass is 261 g/mol. The SMILES string of the molecule is CC(=O)O[C@@H]1CCCCC[C@H]1N(C)c1ccccc1. The number of likely N-dealkylation sites (N-methyl/N-ethyl adjacent to an activating group) is 1. The Kier molecular flexibility index (Phi) is 4.83. The molecule has 0 aliphatic heterocycles. The lowest BCUT2D eigenvalue weighted by Crippen LogP contribution is -2.42. The Morgan fingerprint density at radius 3 is 2.53 bits per heavy atom. The summed E-state index contributed by atoms with van der Waals surface area (Å²) < 4.78 is 5.55. The summed E-state index contributed by atoms with van der Waals surface area (Å²) in [6.45, 7) is 1.50. The normalized spacial score (nSPS) is 23.5. The second-order valence-electron chi connectivity index (χ2n) is 5.30. The second kappa shape index (κ2) is 6.60. The maximum atomic E-state index is 11.3. The maximum absolute atomic E-state index is 11.3. The van der Waals surface area contributed by atoms with Crippen LogP contribution in [-0.4, -0.2) is 25.2 Å². The molecule has 0 heterocycles. The van der Waals surface area contributed by atoms with Gasteiger partial charge in [0.05, 0.1) is 6.04 Å². The van der Waals surface area contributed by atoms with Gasteiger partial charge >= 0.3 is 5.97 Å². The number of nitrogens with zero attached hydrogens (tertiary/aromatic N) is 1. The Labute approximate surface area is 115 Å². The summed E-state index contributed by atoms with van der Waals surface area (Å²) in [6, 6.07) is 10.6. The summed E-state index contributed by atoms with van der Waals surface area (Å²) in [5.41, 5.74) is 1.19. The van der Waals surface area contributed by atoms with Crippen molar-refractivity contribution < 1.29 is 9.53 Å². The number of para-hydroxylation sites is 1. The molecule has 0 N–H and O–H groups in total. The minimum Gasteiger partial charge on any atom is -0.460 e. The Morgan fingerprint density at radius 1 is 1.16 bits per heavy atom. The molecule has 0 saturated heterocycles. The average Bonchev–Trinajstić information content (AvgIpc) is 2.64. The van der Waals surface area contributed by atoms with Gasteiger partial charge in [-0.1, -0.05) is 31.0 Å². The number of hydrogen-bond donors (Lipinski definition) is 0. The van der Waals surface area contributed by atoms with Crippen molar-refractivity contribution in [3.8, 4) is 0 Å². The summed E-state index contributed by atoms with van der Waals surface area (Å²) in [4.78, 5) is 13.6. The van der Waals surface area contributed by atoms with E-state index in [0.717, 1.165) is 19.3 Å². The molecular weight excluding hydrogens is 238 g/mol. The lowest BCUT2D eigenvalue weighted by molar-refractivity contribution is -0.147. The molecule has 1 aliphatic rings. The fourth-order valence-corrected chi connectivity index (χ4v) is 2.90. The highest BCUT2D eigenvalue weighted by molar-refractivity contribution is 5.66. The smallest absolute Gasteiger partial charge is 0.302 e. The molecule has 3 nitrogen and oxygen atoms in total. The molecule has 0 amide bonds. The van der Waals surface area contributed by atoms with Crippen molar-refractivity contribution in [2.75, 3.05) is 11.9 Å². The van der Waals surface area contributed by atoms with Crippen LogP contribution in [0.15, 0.2) is 30.3 Å². The van der Waals surface area contributed by atoms with Gasteiger partial charge in [-0.25, -0.2) is 0 Å². The van der Waals surface area contributed by atoms with Gasteiger partial charge < -0.3 is 9.64 Å². The summed E-state index contributed by atoms with van der Waals surface area (Å²) in [5.74, 6) is -0.168. The molecule has 19 heavy (non-hydrogen) atoms. The lowest BCUT2D eigenvalue weighted by atomic mass is 10.0. The molecule has 1 fully saturated rings. The molecule has 3 heteroatoms. The topological polar surface area (TPSA) is 29.5 Å². The second-order valence-corrected chi connectivity index (χ2v) is 5.30. The van der Waals surface area contributed by atoms with E-state index in [1.165, 1.54) is 25.5 Å². The molecule has 2 atom stereocenters. The molecule has 1 saturated carbocycles. The molecular formula is C16H23NO2. The first-order valence-electron chi connectivity index (χ1n) is 7.13. The molecule has 2 rings (SSSR count). The van der Waals surface area contributed by atoms with Crippen LogP contribution in [0.4, 0.5) is 5.69 Å². The Bertz CT molecular complexity index is 404. The van der Waals surface area contributed by atoms with Crippen molar-refractivity contribution in [1.82, 2.24) is 0 Å². The average molecular weight is 261 g/mol. The number of ether oxygens (including phenoxy) is 1. The van der Waals surface area contributed by atoms with Crippen molar-refractivity contribution >= 4 is 11.7 Å². The number of carbonyl (C=O) groups is 1. The molecule has 1 aromatic rings. The van der Waals surface area contributed by atoms with Gasteiger partial charge in [-0.3, -0.25) is 4.79 Å². The number of rotatable bonds is 3. The van der Waals surface area contributed by atoms with Crippen molar-refractivity contribution in [3.05, 3.63) is 30.3 Å². The molecule has 104 valence electrons. The minimum atomic E-state index is -0.168. The largest absolute Gasteiger partial charge is 0.460 e. The van der Waals surface area contributed by atoms with Gasteiger partial charge in [0.2, 0.25) is 0 Å². The molecule has 1 aliphatic carbocycles. The summed E-state index contributed by atoms with van der Waals surface area (Å²) in [6.07, 6.45) is 5.67. The van der Waals surface area contributed by atoms with Crippen LogP contribution in [0.5, 0.6) is 0 Å². The van der Waals surface area contributed by atoms with Gasteiger partial charge in [-0.05, 0) is 31.4 Å². The van der Waals surface area contributed by atoms with Crippen LogP contribution >= 0.6 is 0 Å². The highest BCUT2D eigenvalue weighted by Crippen LogP contribution is 2.27. The predicted molar refractivity (Wildman–Crippen MR) is 77.3 cm³/mol. The number of hydrogen-bond acceptors (Lipinski definition) is 3. The first-order valence-corrected chi connectivity index (χ1v) is 7.13. The van der Waals surface area contributed by atoms with E-state index in [0.29, 0.717) is 0 Å². The molecule has 0 aromatic heterocycles. The zero-order chi connectivity index (χ0) is 13.7. The van der Waals surface area contributed by atoms with Gasteiger partial charge in [0.1, 0.15) is 6.10 Å². The highest BCUT2D eigenvalue weighted by atomic mass is 16.5. The number of benzene rings is 1. The van der Waals surface area contributed by atoms with E-state index in [2.05, 4.69) is 24.1 Å². The Balaban J connectivity index is 2.15. The molecule has 0 radical (unpaired) electrons. The first-order chi connectivity index (χ1) is 9.18. The van der Waals surface area contributed by atoms with Crippen LogP contribution in [0.3, 0.4) is 0 Å². The summed E-state index contributed by atoms with van der Waals surface area (Å²) in [5, 5.41) is 0. The fourth-order valence-electron chi connectivity index (χ4n) is 2.90. The number of esters is 1. The van der Waals surface area contributed by atoms with E-state index < -0.39 is 0 Å². The van der Waals surface area contributed by atoms with E-state index in [1.807, 2.05) is 18.2 Å². The predicted octanol–water partition coefficient (Wildman–Crippen LogP) is 3.39. The van der Waals surface area contributed by atoms with Crippen molar-refractivity contribution in [2.45, 2.75) is 51.2 Å². The number of anilines is 1. The number of carbonyl (C=O) groups excluding carboxylic acids is 1. The standard InChI is InChI=1S/C16H23NO2/c1-13(18)19-16-12-8-4-7-11-15(16)17(2)14-9-5-3-6-10-14/h3,5-6,9-10,15-16H,4,7-8,11-12H2,1-2H3/t15-,16-/m1/s1. The third kappa shape index (κ3) is 3.72. The van der Waals surface area contributed by atoms with Gasteiger partial charge in [-0.15, -0.1) is 0 Å². The zero-order valence-electron chi connectivity index (χ0n) is 11.8. The van der Waals surface area contributed by atoms with Crippen molar-refractivity contribution in [3.63, 3.8) is 0 Å². The van der Waals surface area contributed by atoms with Crippen LogP contribution in [0.2, 0.25) is 0 Å². The van der Waals surface area contributed by atoms with Crippen LogP contribution in [0.1, 0.15) is 39.0 Å². The van der Waals surface area contributed by atoms with Gasteiger partial charge in [-0.2, -0.15) is 0 Å². The fraction of sp³-hybridized carbons (Fsp3) is 0.562. The van der Waals surface area contributed by atoms with Crippen LogP contribution in [0.25, 0.3) is 0 Å². The molecule has 0 spiro atoms. The molecule has 1 aromatic carbocycles. The molecule has 0 unspecified atom stereocenters. The first kappa shape index (κ1) is 13.9. The van der Waals surface area contributed by atoms with Crippen molar-refractivity contribution in [1.29, 1.82) is 0 Å².